The van der Waals surface area contributed by atoms with Crippen LogP contribution in [-0.2, 0) is 7.05 Å². The van der Waals surface area contributed by atoms with Crippen LogP contribution >= 0.6 is 11.8 Å². The predicted molar refractivity (Wildman–Crippen MR) is 178 cm³/mol. The number of benzene rings is 1. The van der Waals surface area contributed by atoms with Crippen molar-refractivity contribution in [2.45, 2.75) is 73.1 Å². The van der Waals surface area contributed by atoms with E-state index in [9.17, 15) is 9.18 Å². The molecule has 7 heteroatoms. The van der Waals surface area contributed by atoms with Crippen molar-refractivity contribution >= 4 is 34.8 Å². The number of aromatic amines is 1. The number of nitrogens with one attached hydrogen (secondary N) is 1. The molecule has 3 aromatic rings. The van der Waals surface area contributed by atoms with Crippen LogP contribution in [0.3, 0.4) is 0 Å². The third-order valence-corrected chi connectivity index (χ3v) is 6.29. The maximum absolute atomic E-state index is 14.6. The second kappa shape index (κ2) is 22.6. The second-order valence-corrected chi connectivity index (χ2v) is 8.81. The molecule has 0 radical (unpaired) electrons. The summed E-state index contributed by atoms with van der Waals surface area (Å²) in [6, 6.07) is 12.3. The lowest BCUT2D eigenvalue weighted by Crippen LogP contribution is -2.46. The lowest BCUT2D eigenvalue weighted by atomic mass is 10.1. The highest BCUT2D eigenvalue weighted by Gasteiger charge is 2.11. The van der Waals surface area contributed by atoms with E-state index in [1.165, 1.54) is 22.6 Å². The predicted octanol–water partition coefficient (Wildman–Crippen LogP) is 7.25. The average molecular weight is 571 g/mol. The Morgan fingerprint density at radius 3 is 2.15 bits per heavy atom. The van der Waals surface area contributed by atoms with Crippen LogP contribution < -0.4 is 21.7 Å². The van der Waals surface area contributed by atoms with Gasteiger partial charge < -0.3 is 10.3 Å². The van der Waals surface area contributed by atoms with Gasteiger partial charge in [0, 0.05) is 17.2 Å². The van der Waals surface area contributed by atoms with E-state index in [1.807, 2.05) is 71.9 Å². The van der Waals surface area contributed by atoms with Crippen molar-refractivity contribution < 1.29 is 4.39 Å². The smallest absolute Gasteiger partial charge is 0.258 e. The molecule has 0 aliphatic rings. The van der Waals surface area contributed by atoms with Gasteiger partial charge in [0.25, 0.3) is 5.56 Å². The van der Waals surface area contributed by atoms with Gasteiger partial charge in [-0.05, 0) is 80.6 Å². The van der Waals surface area contributed by atoms with Gasteiger partial charge in [-0.3, -0.25) is 9.89 Å². The van der Waals surface area contributed by atoms with Crippen LogP contribution in [0.4, 0.5) is 4.39 Å². The second-order valence-electron chi connectivity index (χ2n) is 7.93. The van der Waals surface area contributed by atoms with Gasteiger partial charge in [-0.2, -0.15) is 5.10 Å². The van der Waals surface area contributed by atoms with Crippen molar-refractivity contribution in [1.82, 2.24) is 14.8 Å². The number of aryl methyl sites for hydroxylation is 1. The van der Waals surface area contributed by atoms with E-state index >= 15 is 0 Å². The van der Waals surface area contributed by atoms with Crippen molar-refractivity contribution in [2.24, 2.45) is 12.8 Å². The van der Waals surface area contributed by atoms with Crippen molar-refractivity contribution in [2.75, 3.05) is 13.3 Å². The Bertz CT molecular complexity index is 1340. The van der Waals surface area contributed by atoms with E-state index < -0.39 is 5.83 Å². The molecule has 3 rings (SSSR count). The molecule has 0 saturated heterocycles. The summed E-state index contributed by atoms with van der Waals surface area (Å²) >= 11 is 1.77. The number of halogens is 1. The SMILES string of the molecule is C=C(/C=C(/F)c1[nH]ncc1C)c1cc(=C(/C)CC)/c(=C\CC)c(=O)n1C.CC.CC.CN.CSc1ccccc1. The van der Waals surface area contributed by atoms with Crippen molar-refractivity contribution in [3.8, 4) is 0 Å². The molecular formula is C33H51FN4OS. The first-order valence-corrected chi connectivity index (χ1v) is 15.1. The minimum absolute atomic E-state index is 0.0974. The van der Waals surface area contributed by atoms with E-state index in [4.69, 9.17) is 0 Å². The molecule has 2 heterocycles. The molecule has 0 atom stereocenters. The first kappa shape index (κ1) is 39.0. The number of nitrogens with two attached hydrogens (primary N) is 1. The number of hydrogen-bond acceptors (Lipinski definition) is 4. The van der Waals surface area contributed by atoms with Crippen molar-refractivity contribution in [1.29, 1.82) is 0 Å². The van der Waals surface area contributed by atoms with Gasteiger partial charge in [0.1, 0.15) is 5.83 Å². The molecule has 40 heavy (non-hydrogen) atoms. The number of pyridine rings is 1. The highest BCUT2D eigenvalue weighted by atomic mass is 32.2. The third-order valence-electron chi connectivity index (χ3n) is 5.54. The van der Waals surface area contributed by atoms with Crippen LogP contribution in [0.2, 0.25) is 0 Å². The van der Waals surface area contributed by atoms with Crippen LogP contribution in [0.5, 0.6) is 0 Å². The quantitative estimate of drug-likeness (QED) is 0.242. The molecule has 222 valence electrons. The monoisotopic (exact) mass is 570 g/mol. The first-order chi connectivity index (χ1) is 19.2. The van der Waals surface area contributed by atoms with Crippen molar-refractivity contribution in [3.63, 3.8) is 0 Å². The number of H-pyrrole nitrogens is 1. The Balaban J connectivity index is 0. The minimum atomic E-state index is -0.459. The number of rotatable bonds is 6. The molecule has 1 aromatic carbocycles. The molecule has 5 nitrogen and oxygen atoms in total. The standard InChI is InChI=1S/C21H26FN3O.C7H8S.2C2H6.CH5N/c1-7-9-16-17(13(3)8-2)11-19(25(6)21(16)26)14(4)10-18(22)20-15(5)12-23-24-20;1-8-7-5-3-2-4-6-7;3*1-2/h9-12H,4,7-8H2,1-3,5-6H3,(H,23,24);2-6H,1H3;2*1-2H3;2H2,1H3/b16-9+,17-13+,18-10+;;;;. The normalized spacial score (nSPS) is 11.3. The molecule has 0 spiro atoms. The van der Waals surface area contributed by atoms with Crippen LogP contribution in [0.15, 0.2) is 64.9 Å². The number of hydrogen-bond donors (Lipinski definition) is 2. The van der Waals surface area contributed by atoms with Gasteiger partial charge in [0.15, 0.2) is 0 Å². The third kappa shape index (κ3) is 11.9. The molecule has 0 saturated carbocycles. The number of aromatic nitrogens is 3. The Kier molecular flexibility index (Phi) is 22.1. The fourth-order valence-electron chi connectivity index (χ4n) is 3.41. The van der Waals surface area contributed by atoms with Gasteiger partial charge in [0.2, 0.25) is 0 Å². The van der Waals surface area contributed by atoms with Gasteiger partial charge in [-0.25, -0.2) is 4.39 Å². The highest BCUT2D eigenvalue weighted by molar-refractivity contribution is 7.98. The Labute approximate surface area is 245 Å². The molecule has 0 amide bonds. The molecule has 2 aromatic heterocycles. The summed E-state index contributed by atoms with van der Waals surface area (Å²) in [5.41, 5.74) is 7.58. The van der Waals surface area contributed by atoms with E-state index in [-0.39, 0.29) is 5.56 Å². The topological polar surface area (TPSA) is 76.7 Å². The summed E-state index contributed by atoms with van der Waals surface area (Å²) in [6.07, 6.45) is 8.52. The van der Waals surface area contributed by atoms with Gasteiger partial charge in [0.05, 0.1) is 17.6 Å². The maximum atomic E-state index is 14.6. The summed E-state index contributed by atoms with van der Waals surface area (Å²) < 4.78 is 16.1. The lowest BCUT2D eigenvalue weighted by molar-refractivity contribution is 0.749. The van der Waals surface area contributed by atoms with Gasteiger partial charge in [-0.1, -0.05) is 78.0 Å². The molecular weight excluding hydrogens is 519 g/mol. The van der Waals surface area contributed by atoms with Crippen LogP contribution in [-0.4, -0.2) is 28.1 Å². The largest absolute Gasteiger partial charge is 0.333 e. The van der Waals surface area contributed by atoms with Crippen molar-refractivity contribution in [3.05, 3.63) is 93.0 Å². The minimum Gasteiger partial charge on any atom is -0.333 e. The van der Waals surface area contributed by atoms with Crippen LogP contribution in [0.25, 0.3) is 23.0 Å². The Morgan fingerprint density at radius 2 is 1.73 bits per heavy atom. The zero-order chi connectivity index (χ0) is 31.3. The summed E-state index contributed by atoms with van der Waals surface area (Å²) in [5.74, 6) is -0.459. The molecule has 0 aliphatic carbocycles. The molecule has 0 fully saturated rings. The van der Waals surface area contributed by atoms with E-state index in [2.05, 4.69) is 47.8 Å². The molecule has 0 unspecified atom stereocenters. The number of allylic oxidation sites excluding steroid dienone is 2. The average Bonchev–Trinajstić information content (AvgIpc) is 3.45. The van der Waals surface area contributed by atoms with E-state index in [0.717, 1.165) is 23.6 Å². The summed E-state index contributed by atoms with van der Waals surface area (Å²) in [7, 11) is 3.19. The lowest BCUT2D eigenvalue weighted by Gasteiger charge is -2.10. The molecule has 3 N–H and O–H groups in total. The Hall–Kier alpha value is -3.16. The highest BCUT2D eigenvalue weighted by Crippen LogP contribution is 2.22. The van der Waals surface area contributed by atoms with Crippen LogP contribution in [0.1, 0.15) is 78.3 Å². The fourth-order valence-corrected chi connectivity index (χ4v) is 3.84. The fraction of sp³-hybridized carbons (Fsp3) is 0.394. The Morgan fingerprint density at radius 1 is 1.15 bits per heavy atom. The number of thioether (sulfide) groups is 1. The first-order valence-electron chi connectivity index (χ1n) is 13.9. The zero-order valence-electron chi connectivity index (χ0n) is 26.5. The zero-order valence-corrected chi connectivity index (χ0v) is 27.3. The molecule has 0 bridgehead atoms. The van der Waals surface area contributed by atoms with E-state index in [1.54, 1.807) is 31.9 Å². The summed E-state index contributed by atoms with van der Waals surface area (Å²) in [6.45, 7) is 19.8. The van der Waals surface area contributed by atoms with E-state index in [0.29, 0.717) is 27.7 Å². The summed E-state index contributed by atoms with van der Waals surface area (Å²) in [4.78, 5) is 14.2. The number of nitrogens with zero attached hydrogens (tertiary/aromatic N) is 2. The molecule has 0 aliphatic heterocycles. The van der Waals surface area contributed by atoms with Gasteiger partial charge in [-0.15, -0.1) is 11.8 Å². The summed E-state index contributed by atoms with van der Waals surface area (Å²) in [5, 5.41) is 8.07. The maximum Gasteiger partial charge on any atom is 0.258 e. The van der Waals surface area contributed by atoms with Crippen LogP contribution in [0, 0.1) is 6.92 Å². The van der Waals surface area contributed by atoms with Gasteiger partial charge >= 0.3 is 0 Å².